The van der Waals surface area contributed by atoms with Crippen molar-refractivity contribution >= 4 is 29.2 Å². The van der Waals surface area contributed by atoms with Crippen LogP contribution in [0.4, 0.5) is 23.7 Å². The molecule has 0 saturated carbocycles. The van der Waals surface area contributed by atoms with E-state index >= 15 is 0 Å². The summed E-state index contributed by atoms with van der Waals surface area (Å²) in [6, 6.07) is 9.86. The van der Waals surface area contributed by atoms with E-state index in [4.69, 9.17) is 17.3 Å². The maximum Gasteiger partial charge on any atom is 0.418 e. The van der Waals surface area contributed by atoms with Gasteiger partial charge in [0.15, 0.2) is 5.82 Å². The zero-order valence-electron chi connectivity index (χ0n) is 25.7. The molecule has 248 valence electrons. The number of aromatic amines is 1. The number of nitrogens with two attached hydrogens (primary N) is 1. The van der Waals surface area contributed by atoms with Gasteiger partial charge in [0.05, 0.1) is 22.3 Å². The molecular weight excluding hydrogens is 625 g/mol. The summed E-state index contributed by atoms with van der Waals surface area (Å²) in [4.78, 5) is 48.0. The van der Waals surface area contributed by atoms with Gasteiger partial charge in [0.25, 0.3) is 0 Å². The van der Waals surface area contributed by atoms with E-state index in [-0.39, 0.29) is 47.7 Å². The first kappa shape index (κ1) is 33.3. The lowest BCUT2D eigenvalue weighted by molar-refractivity contribution is -0.137. The number of nitrogen functional groups attached to an aromatic ring is 1. The Bertz CT molecular complexity index is 1590. The first-order valence-corrected chi connectivity index (χ1v) is 15.6. The zero-order valence-corrected chi connectivity index (χ0v) is 26.4. The molecule has 2 aliphatic heterocycles. The highest BCUT2D eigenvalue weighted by Crippen LogP contribution is 2.38. The Morgan fingerprint density at radius 3 is 2.30 bits per heavy atom. The lowest BCUT2D eigenvalue weighted by atomic mass is 9.99. The van der Waals surface area contributed by atoms with Gasteiger partial charge in [0, 0.05) is 44.2 Å². The lowest BCUT2D eigenvalue weighted by Gasteiger charge is -2.37. The molecule has 2 fully saturated rings. The average Bonchev–Trinajstić information content (AvgIpc) is 3.43. The molecule has 2 aliphatic rings. The van der Waals surface area contributed by atoms with E-state index < -0.39 is 29.5 Å². The highest BCUT2D eigenvalue weighted by atomic mass is 35.5. The van der Waals surface area contributed by atoms with Gasteiger partial charge in [0.2, 0.25) is 5.91 Å². The number of amides is 3. The maximum absolute atomic E-state index is 13.8. The second kappa shape index (κ2) is 13.8. The number of rotatable bonds is 7. The number of nitrogens with one attached hydrogen (secondary N) is 2. The molecule has 5 rings (SSSR count). The Morgan fingerprint density at radius 2 is 1.70 bits per heavy atom. The number of nitrogens with zero attached hydrogens (tertiary/aromatic N) is 5. The van der Waals surface area contributed by atoms with E-state index in [0.29, 0.717) is 37.8 Å². The summed E-state index contributed by atoms with van der Waals surface area (Å²) in [6.45, 7) is 1.49. The van der Waals surface area contributed by atoms with Crippen LogP contribution < -0.4 is 16.7 Å². The van der Waals surface area contributed by atoms with Crippen LogP contribution in [0.25, 0.3) is 11.4 Å². The van der Waals surface area contributed by atoms with Gasteiger partial charge in [-0.25, -0.2) is 14.3 Å². The molecule has 3 aromatic rings. The van der Waals surface area contributed by atoms with Gasteiger partial charge in [-0.2, -0.15) is 13.2 Å². The van der Waals surface area contributed by atoms with E-state index in [1.165, 1.54) is 10.7 Å². The van der Waals surface area contributed by atoms with Crippen LogP contribution in [0, 0.1) is 0 Å². The fourth-order valence-corrected chi connectivity index (χ4v) is 6.39. The zero-order chi connectivity index (χ0) is 33.2. The Kier molecular flexibility index (Phi) is 9.96. The average molecular weight is 663 g/mol. The molecule has 0 aliphatic carbocycles. The molecule has 0 spiro atoms. The summed E-state index contributed by atoms with van der Waals surface area (Å²) in [5, 5.41) is 6.99. The monoisotopic (exact) mass is 662 g/mol. The van der Waals surface area contributed by atoms with Gasteiger partial charge in [-0.15, -0.1) is 5.10 Å². The molecule has 15 heteroatoms. The minimum Gasteiger partial charge on any atom is -0.397 e. The quantitative estimate of drug-likeness (QED) is 0.328. The summed E-state index contributed by atoms with van der Waals surface area (Å²) in [5.74, 6) is 0.0802. The SMILES string of the molecule is CN(C)C1CCN(C(=O)[C@@H](Cc2cc(Cl)c(N)c(C(F)(F)F)c2)NC(=O)N2CCC(n3nc(-c4ccccc4)[nH]c3=O)CC2)CC1. The molecular formula is C31H38ClF3N8O3. The number of carbonyl (C=O) groups excluding carboxylic acids is 2. The second-order valence-corrected chi connectivity index (χ2v) is 12.5. The van der Waals surface area contributed by atoms with Crippen LogP contribution in [0.5, 0.6) is 0 Å². The lowest BCUT2D eigenvalue weighted by Crippen LogP contribution is -2.56. The molecule has 2 aromatic carbocycles. The molecule has 3 heterocycles. The number of urea groups is 1. The Balaban J connectivity index is 1.30. The molecule has 0 unspecified atom stereocenters. The molecule has 0 radical (unpaired) electrons. The number of hydrogen-bond donors (Lipinski definition) is 3. The second-order valence-electron chi connectivity index (χ2n) is 12.1. The highest BCUT2D eigenvalue weighted by molar-refractivity contribution is 6.33. The van der Waals surface area contributed by atoms with E-state index in [1.54, 1.807) is 9.80 Å². The summed E-state index contributed by atoms with van der Waals surface area (Å²) < 4.78 is 42.5. The topological polar surface area (TPSA) is 133 Å². The molecule has 2 saturated heterocycles. The van der Waals surface area contributed by atoms with E-state index in [0.717, 1.165) is 24.5 Å². The van der Waals surface area contributed by atoms with E-state index in [9.17, 15) is 27.6 Å². The van der Waals surface area contributed by atoms with Gasteiger partial charge in [0.1, 0.15) is 6.04 Å². The fraction of sp³-hybridized carbons (Fsp3) is 0.484. The predicted octanol–water partition coefficient (Wildman–Crippen LogP) is 4.00. The van der Waals surface area contributed by atoms with Crippen LogP contribution in [0.2, 0.25) is 5.02 Å². The molecule has 4 N–H and O–H groups in total. The van der Waals surface area contributed by atoms with E-state index in [2.05, 4.69) is 20.3 Å². The van der Waals surface area contributed by atoms with Crippen molar-refractivity contribution in [2.45, 2.75) is 56.4 Å². The van der Waals surface area contributed by atoms with Gasteiger partial charge in [-0.05, 0) is 57.5 Å². The van der Waals surface area contributed by atoms with Crippen LogP contribution >= 0.6 is 11.6 Å². The van der Waals surface area contributed by atoms with Crippen molar-refractivity contribution in [3.05, 3.63) is 69.1 Å². The molecule has 0 bridgehead atoms. The van der Waals surface area contributed by atoms with E-state index in [1.807, 2.05) is 44.4 Å². The van der Waals surface area contributed by atoms with Crippen molar-refractivity contribution in [3.8, 4) is 11.4 Å². The van der Waals surface area contributed by atoms with Crippen LogP contribution in [-0.4, -0.2) is 93.8 Å². The number of halogens is 4. The number of aromatic nitrogens is 3. The van der Waals surface area contributed by atoms with Crippen molar-refractivity contribution in [2.24, 2.45) is 0 Å². The molecule has 1 aromatic heterocycles. The van der Waals surface area contributed by atoms with Gasteiger partial charge < -0.3 is 25.8 Å². The number of hydrogen-bond acceptors (Lipinski definition) is 6. The van der Waals surface area contributed by atoms with Crippen molar-refractivity contribution in [1.82, 2.24) is 34.8 Å². The smallest absolute Gasteiger partial charge is 0.397 e. The molecule has 3 amide bonds. The van der Waals surface area contributed by atoms with Crippen LogP contribution in [0.1, 0.15) is 42.9 Å². The minimum atomic E-state index is -4.75. The predicted molar refractivity (Wildman–Crippen MR) is 168 cm³/mol. The number of anilines is 1. The standard InChI is InChI=1S/C31H38ClF3N8O3/c1-40(2)21-8-12-41(13-9-21)28(44)25(18-19-16-23(31(33,34)35)26(36)24(32)17-19)37-29(45)42-14-10-22(11-15-42)43-30(46)38-27(39-43)20-6-4-3-5-7-20/h3-7,16-17,21-22,25H,8-15,18,36H2,1-2H3,(H,37,45)(H,38,39,46)/t25-/m1/s1. The van der Waals surface area contributed by atoms with Crippen molar-refractivity contribution < 1.29 is 22.8 Å². The Hall–Kier alpha value is -4.04. The minimum absolute atomic E-state index is 0.124. The highest BCUT2D eigenvalue weighted by Gasteiger charge is 2.36. The Labute approximate surface area is 269 Å². The van der Waals surface area contributed by atoms with Crippen LogP contribution in [0.15, 0.2) is 47.3 Å². The van der Waals surface area contributed by atoms with Crippen molar-refractivity contribution in [2.75, 3.05) is 46.0 Å². The maximum atomic E-state index is 13.8. The molecule has 1 atom stereocenters. The van der Waals surface area contributed by atoms with Crippen molar-refractivity contribution in [1.29, 1.82) is 0 Å². The largest absolute Gasteiger partial charge is 0.418 e. The molecule has 46 heavy (non-hydrogen) atoms. The third-order valence-corrected chi connectivity index (χ3v) is 9.14. The summed E-state index contributed by atoms with van der Waals surface area (Å²) >= 11 is 6.07. The summed E-state index contributed by atoms with van der Waals surface area (Å²) in [7, 11) is 3.95. The van der Waals surface area contributed by atoms with Gasteiger partial charge in [-0.1, -0.05) is 41.9 Å². The molecule has 11 nitrogen and oxygen atoms in total. The first-order valence-electron chi connectivity index (χ1n) is 15.2. The van der Waals surface area contributed by atoms with Crippen LogP contribution in [-0.2, 0) is 17.4 Å². The number of likely N-dealkylation sites (tertiary alicyclic amines) is 2. The summed E-state index contributed by atoms with van der Waals surface area (Å²) in [5.41, 5.74) is 4.50. The number of alkyl halides is 3. The van der Waals surface area contributed by atoms with Gasteiger partial charge >= 0.3 is 17.9 Å². The summed E-state index contributed by atoms with van der Waals surface area (Å²) in [6.07, 6.45) is -2.59. The van der Waals surface area contributed by atoms with Crippen LogP contribution in [0.3, 0.4) is 0 Å². The van der Waals surface area contributed by atoms with Crippen molar-refractivity contribution in [3.63, 3.8) is 0 Å². The third kappa shape index (κ3) is 7.49. The Morgan fingerprint density at radius 1 is 1.07 bits per heavy atom. The fourth-order valence-electron chi connectivity index (χ4n) is 6.15. The number of H-pyrrole nitrogens is 1. The number of benzene rings is 2. The third-order valence-electron chi connectivity index (χ3n) is 8.82. The number of piperidine rings is 2. The normalized spacial score (nSPS) is 17.4. The first-order chi connectivity index (χ1) is 21.8. The van der Waals surface area contributed by atoms with Gasteiger partial charge in [-0.3, -0.25) is 9.78 Å². The number of carbonyl (C=O) groups is 2.